The lowest BCUT2D eigenvalue weighted by atomic mass is 9.32. The van der Waals surface area contributed by atoms with Crippen molar-refractivity contribution in [1.82, 2.24) is 0 Å². The molecule has 5 aliphatic carbocycles. The maximum Gasteiger partial charge on any atom is 0.138 e. The molecular weight excluding hydrogens is 392 g/mol. The molecule has 0 spiro atoms. The van der Waals surface area contributed by atoms with E-state index >= 15 is 0 Å². The van der Waals surface area contributed by atoms with Crippen LogP contribution in [0, 0.1) is 56.7 Å². The number of ketones is 1. The van der Waals surface area contributed by atoms with Crippen LogP contribution in [0.5, 0.6) is 0 Å². The molecule has 0 aromatic heterocycles. The summed E-state index contributed by atoms with van der Waals surface area (Å²) in [4.78, 5) is 12.9. The molecule has 0 aliphatic heterocycles. The van der Waals surface area contributed by atoms with Gasteiger partial charge in [0, 0.05) is 11.8 Å². The van der Waals surface area contributed by atoms with Crippen molar-refractivity contribution < 1.29 is 9.90 Å². The SMILES string of the molecule is C=C(CO)[C@@H]1CC[C@]2(C)CC[C@]3(C)[C@H](CC[C@@H]4[C@@]5(C)CCC(=O)C(C)(C)[C@@H]5CC[C@]43C)[C@H]12. The Balaban J connectivity index is 1.54. The lowest BCUT2D eigenvalue weighted by Gasteiger charge is -2.72. The van der Waals surface area contributed by atoms with E-state index in [1.54, 1.807) is 0 Å². The van der Waals surface area contributed by atoms with Crippen LogP contribution >= 0.6 is 0 Å². The van der Waals surface area contributed by atoms with E-state index in [1.165, 1.54) is 51.4 Å². The highest BCUT2D eigenvalue weighted by atomic mass is 16.3. The predicted octanol–water partition coefficient (Wildman–Crippen LogP) is 7.21. The highest BCUT2D eigenvalue weighted by Gasteiger charge is 2.70. The van der Waals surface area contributed by atoms with Crippen LogP contribution in [-0.2, 0) is 4.79 Å². The molecule has 5 saturated carbocycles. The first-order valence-corrected chi connectivity index (χ1v) is 13.7. The molecule has 32 heavy (non-hydrogen) atoms. The van der Waals surface area contributed by atoms with E-state index in [0.717, 1.165) is 30.3 Å². The Morgan fingerprint density at radius 1 is 0.875 bits per heavy atom. The Hall–Kier alpha value is -0.630. The van der Waals surface area contributed by atoms with E-state index in [0.29, 0.717) is 45.2 Å². The standard InChI is InChI=1S/C30H48O2/c1-19(18-31)20-10-13-27(4)16-17-29(6)21(25(20)27)8-9-23-28(5)14-12-24(32)26(2,3)22(28)11-15-30(23,29)7/h20-23,25,31H,1,8-18H2,2-7H3/t20-,21+,22-,23+,25-,27+,28-,29+,30+/m0/s1. The first-order valence-electron chi connectivity index (χ1n) is 13.7. The summed E-state index contributed by atoms with van der Waals surface area (Å²) < 4.78 is 0. The summed E-state index contributed by atoms with van der Waals surface area (Å²) in [5, 5.41) is 9.97. The third-order valence-electron chi connectivity index (χ3n) is 13.3. The summed E-state index contributed by atoms with van der Waals surface area (Å²) in [6.07, 6.45) is 12.3. The number of carbonyl (C=O) groups excluding carboxylic acids is 1. The van der Waals surface area contributed by atoms with Crippen molar-refractivity contribution >= 4 is 5.78 Å². The van der Waals surface area contributed by atoms with Gasteiger partial charge in [-0.25, -0.2) is 0 Å². The van der Waals surface area contributed by atoms with Crippen LogP contribution in [0.1, 0.15) is 106 Å². The van der Waals surface area contributed by atoms with Crippen molar-refractivity contribution in [3.63, 3.8) is 0 Å². The monoisotopic (exact) mass is 440 g/mol. The Morgan fingerprint density at radius 2 is 1.59 bits per heavy atom. The number of hydrogen-bond donors (Lipinski definition) is 1. The summed E-state index contributed by atoms with van der Waals surface area (Å²) in [5.74, 6) is 3.72. The van der Waals surface area contributed by atoms with Gasteiger partial charge in [-0.15, -0.1) is 0 Å². The van der Waals surface area contributed by atoms with E-state index < -0.39 is 0 Å². The molecular formula is C30H48O2. The Labute approximate surface area is 197 Å². The first-order chi connectivity index (χ1) is 14.8. The van der Waals surface area contributed by atoms with Gasteiger partial charge in [-0.3, -0.25) is 4.79 Å². The molecule has 0 bridgehead atoms. The van der Waals surface area contributed by atoms with Gasteiger partial charge in [0.25, 0.3) is 0 Å². The van der Waals surface area contributed by atoms with Gasteiger partial charge < -0.3 is 5.11 Å². The third kappa shape index (κ3) is 2.65. The van der Waals surface area contributed by atoms with Crippen molar-refractivity contribution in [3.8, 4) is 0 Å². The molecule has 0 aromatic rings. The molecule has 0 radical (unpaired) electrons. The fourth-order valence-electron chi connectivity index (χ4n) is 11.3. The molecule has 180 valence electrons. The topological polar surface area (TPSA) is 37.3 Å². The molecule has 0 unspecified atom stereocenters. The largest absolute Gasteiger partial charge is 0.392 e. The van der Waals surface area contributed by atoms with E-state index in [2.05, 4.69) is 48.1 Å². The van der Waals surface area contributed by atoms with Crippen molar-refractivity contribution in [3.05, 3.63) is 12.2 Å². The lowest BCUT2D eigenvalue weighted by molar-refractivity contribution is -0.232. The van der Waals surface area contributed by atoms with E-state index in [1.807, 2.05) is 0 Å². The highest BCUT2D eigenvalue weighted by Crippen LogP contribution is 2.77. The molecule has 2 nitrogen and oxygen atoms in total. The van der Waals surface area contributed by atoms with Crippen LogP contribution in [0.2, 0.25) is 0 Å². The smallest absolute Gasteiger partial charge is 0.138 e. The van der Waals surface area contributed by atoms with Crippen molar-refractivity contribution in [2.24, 2.45) is 56.7 Å². The number of hydrogen-bond acceptors (Lipinski definition) is 2. The molecule has 0 amide bonds. The van der Waals surface area contributed by atoms with Gasteiger partial charge in [-0.2, -0.15) is 0 Å². The molecule has 0 saturated heterocycles. The number of aliphatic hydroxyl groups excluding tert-OH is 1. The zero-order chi connectivity index (χ0) is 23.3. The van der Waals surface area contributed by atoms with E-state index in [9.17, 15) is 9.90 Å². The number of carbonyl (C=O) groups is 1. The van der Waals surface area contributed by atoms with Crippen LogP contribution in [0.4, 0.5) is 0 Å². The minimum Gasteiger partial charge on any atom is -0.392 e. The second-order valence-corrected chi connectivity index (χ2v) is 14.5. The normalized spacial score (nSPS) is 54.2. The summed E-state index contributed by atoms with van der Waals surface area (Å²) in [5.41, 5.74) is 2.37. The second kappa shape index (κ2) is 6.96. The Morgan fingerprint density at radius 3 is 2.28 bits per heavy atom. The molecule has 2 heteroatoms. The third-order valence-corrected chi connectivity index (χ3v) is 13.3. The predicted molar refractivity (Wildman–Crippen MR) is 131 cm³/mol. The molecule has 5 aliphatic rings. The van der Waals surface area contributed by atoms with Gasteiger partial charge >= 0.3 is 0 Å². The van der Waals surface area contributed by atoms with Crippen LogP contribution in [0.3, 0.4) is 0 Å². The molecule has 5 fully saturated rings. The van der Waals surface area contributed by atoms with Crippen LogP contribution in [0.25, 0.3) is 0 Å². The van der Waals surface area contributed by atoms with Gasteiger partial charge in [0.15, 0.2) is 0 Å². The van der Waals surface area contributed by atoms with Gasteiger partial charge in [0.1, 0.15) is 5.78 Å². The summed E-state index contributed by atoms with van der Waals surface area (Å²) in [6.45, 7) is 19.5. The van der Waals surface area contributed by atoms with Crippen LogP contribution < -0.4 is 0 Å². The number of aliphatic hydroxyl groups is 1. The van der Waals surface area contributed by atoms with E-state index in [-0.39, 0.29) is 12.0 Å². The molecule has 0 heterocycles. The average Bonchev–Trinajstić information content (AvgIpc) is 3.09. The second-order valence-electron chi connectivity index (χ2n) is 14.5. The molecule has 5 rings (SSSR count). The van der Waals surface area contributed by atoms with Crippen LogP contribution in [-0.4, -0.2) is 17.5 Å². The lowest BCUT2D eigenvalue weighted by Crippen LogP contribution is -2.66. The fraction of sp³-hybridized carbons (Fsp3) is 0.900. The summed E-state index contributed by atoms with van der Waals surface area (Å²) >= 11 is 0. The Bertz CT molecular complexity index is 827. The quantitative estimate of drug-likeness (QED) is 0.461. The van der Waals surface area contributed by atoms with Crippen LogP contribution in [0.15, 0.2) is 12.2 Å². The molecule has 1 N–H and O–H groups in total. The summed E-state index contributed by atoms with van der Waals surface area (Å²) in [6, 6.07) is 0. The van der Waals surface area contributed by atoms with Gasteiger partial charge in [-0.1, -0.05) is 48.1 Å². The Kier molecular flexibility index (Phi) is 5.03. The van der Waals surface area contributed by atoms with Gasteiger partial charge in [0.2, 0.25) is 0 Å². The molecule has 9 atom stereocenters. The van der Waals surface area contributed by atoms with Gasteiger partial charge in [-0.05, 0) is 115 Å². The van der Waals surface area contributed by atoms with Gasteiger partial charge in [0.05, 0.1) is 6.61 Å². The summed E-state index contributed by atoms with van der Waals surface area (Å²) in [7, 11) is 0. The average molecular weight is 441 g/mol. The van der Waals surface area contributed by atoms with Crippen molar-refractivity contribution in [2.75, 3.05) is 6.61 Å². The maximum absolute atomic E-state index is 12.9. The minimum atomic E-state index is -0.160. The maximum atomic E-state index is 12.9. The molecule has 0 aromatic carbocycles. The number of rotatable bonds is 2. The highest BCUT2D eigenvalue weighted by molar-refractivity contribution is 5.85. The van der Waals surface area contributed by atoms with E-state index in [4.69, 9.17) is 0 Å². The fourth-order valence-corrected chi connectivity index (χ4v) is 11.3. The number of fused-ring (bicyclic) bond motifs is 7. The first kappa shape index (κ1) is 23.1. The van der Waals surface area contributed by atoms with Crippen molar-refractivity contribution in [2.45, 2.75) is 106 Å². The minimum absolute atomic E-state index is 0.156. The van der Waals surface area contributed by atoms with Crippen molar-refractivity contribution in [1.29, 1.82) is 0 Å². The number of Topliss-reactive ketones (excluding diaryl/α,β-unsaturated/α-hetero) is 1. The zero-order valence-electron chi connectivity index (χ0n) is 21.7. The zero-order valence-corrected chi connectivity index (χ0v) is 21.7.